The maximum Gasteiger partial charge on any atom is 0.433 e. The Balaban J connectivity index is 1.72. The molecular formula is C23H27F6N3O3. The van der Waals surface area contributed by atoms with Gasteiger partial charge in [-0.3, -0.25) is 9.69 Å². The third-order valence-electron chi connectivity index (χ3n) is 5.88. The Hall–Kier alpha value is -2.44. The minimum atomic E-state index is -4.98. The van der Waals surface area contributed by atoms with Gasteiger partial charge in [0.05, 0.1) is 23.8 Å². The Labute approximate surface area is 198 Å². The quantitative estimate of drug-likeness (QED) is 0.426. The van der Waals surface area contributed by atoms with Gasteiger partial charge in [-0.25, -0.2) is 4.98 Å². The van der Waals surface area contributed by atoms with Gasteiger partial charge in [0, 0.05) is 44.5 Å². The monoisotopic (exact) mass is 507 g/mol. The summed E-state index contributed by atoms with van der Waals surface area (Å²) in [6.45, 7) is 4.98. The Kier molecular flexibility index (Phi) is 8.60. The number of halogens is 6. The highest BCUT2D eigenvalue weighted by Gasteiger charge is 2.38. The second kappa shape index (κ2) is 11.1. The first kappa shape index (κ1) is 27.2. The topological polar surface area (TPSA) is 65.9 Å². The molecule has 0 saturated carbocycles. The van der Waals surface area contributed by atoms with E-state index in [0.717, 1.165) is 6.07 Å². The molecule has 1 N–H and O–H groups in total. The molecule has 12 heteroatoms. The summed E-state index contributed by atoms with van der Waals surface area (Å²) in [5.74, 6) is -0.259. The van der Waals surface area contributed by atoms with Crippen LogP contribution >= 0.6 is 0 Å². The van der Waals surface area contributed by atoms with Gasteiger partial charge < -0.3 is 14.7 Å². The molecular weight excluding hydrogens is 480 g/mol. The number of aromatic nitrogens is 1. The zero-order chi connectivity index (χ0) is 25.8. The summed E-state index contributed by atoms with van der Waals surface area (Å²) in [4.78, 5) is 18.7. The molecule has 1 unspecified atom stereocenters. The van der Waals surface area contributed by atoms with Gasteiger partial charge in [-0.05, 0) is 37.6 Å². The molecule has 1 atom stereocenters. The molecule has 1 aromatic heterocycles. The third-order valence-corrected chi connectivity index (χ3v) is 5.88. The minimum absolute atomic E-state index is 0.0384. The number of piperazine rings is 1. The van der Waals surface area contributed by atoms with E-state index < -0.39 is 35.2 Å². The number of nitrogens with zero attached hydrogens (tertiary/aromatic N) is 3. The fourth-order valence-corrected chi connectivity index (χ4v) is 4.14. The average molecular weight is 507 g/mol. The van der Waals surface area contributed by atoms with Crippen molar-refractivity contribution in [2.45, 2.75) is 38.2 Å². The van der Waals surface area contributed by atoms with Gasteiger partial charge in [0.1, 0.15) is 5.69 Å². The minimum Gasteiger partial charge on any atom is -0.466 e. The number of alkyl halides is 6. The number of para-hydroxylation sites is 1. The summed E-state index contributed by atoms with van der Waals surface area (Å²) in [5.41, 5.74) is -3.85. The van der Waals surface area contributed by atoms with Crippen molar-refractivity contribution in [1.29, 1.82) is 0 Å². The molecule has 0 radical (unpaired) electrons. The number of β-amino-alcohol motifs (C(OH)–C–C–N with tert-alkyl or cyclic N) is 1. The van der Waals surface area contributed by atoms with Crippen LogP contribution in [0, 0.1) is 0 Å². The molecule has 3 rings (SSSR count). The van der Waals surface area contributed by atoms with Crippen LogP contribution in [-0.4, -0.2) is 71.7 Å². The van der Waals surface area contributed by atoms with Crippen molar-refractivity contribution in [3.63, 3.8) is 0 Å². The fraction of sp³-hybridized carbons (Fsp3) is 0.565. The molecule has 194 valence electrons. The van der Waals surface area contributed by atoms with E-state index in [2.05, 4.69) is 9.88 Å². The van der Waals surface area contributed by atoms with E-state index in [1.54, 1.807) is 6.92 Å². The van der Waals surface area contributed by atoms with Crippen LogP contribution in [0.15, 0.2) is 24.3 Å². The van der Waals surface area contributed by atoms with Crippen molar-refractivity contribution >= 4 is 16.9 Å². The van der Waals surface area contributed by atoms with Crippen LogP contribution in [0.3, 0.4) is 0 Å². The Morgan fingerprint density at radius 3 is 2.34 bits per heavy atom. The number of rotatable bonds is 8. The molecule has 2 aromatic rings. The Bertz CT molecular complexity index is 1020. The van der Waals surface area contributed by atoms with Crippen LogP contribution in [0.25, 0.3) is 10.9 Å². The molecule has 0 spiro atoms. The molecule has 35 heavy (non-hydrogen) atoms. The van der Waals surface area contributed by atoms with Crippen molar-refractivity contribution in [2.24, 2.45) is 0 Å². The lowest BCUT2D eigenvalue weighted by molar-refractivity contribution is -0.143. The van der Waals surface area contributed by atoms with Gasteiger partial charge in [0.25, 0.3) is 0 Å². The second-order valence-electron chi connectivity index (χ2n) is 8.36. The third kappa shape index (κ3) is 7.05. The zero-order valence-electron chi connectivity index (χ0n) is 19.1. The second-order valence-corrected chi connectivity index (χ2v) is 8.36. The number of fused-ring (bicyclic) bond motifs is 1. The van der Waals surface area contributed by atoms with E-state index in [0.29, 0.717) is 64.3 Å². The van der Waals surface area contributed by atoms with Crippen LogP contribution in [0.4, 0.5) is 26.3 Å². The average Bonchev–Trinajstić information content (AvgIpc) is 2.78. The molecule has 0 bridgehead atoms. The lowest BCUT2D eigenvalue weighted by Crippen LogP contribution is -2.47. The highest BCUT2D eigenvalue weighted by Crippen LogP contribution is 2.39. The molecule has 2 heterocycles. The summed E-state index contributed by atoms with van der Waals surface area (Å²) in [5, 5.41) is 10.6. The number of aliphatic hydroxyl groups is 1. The number of pyridine rings is 1. The van der Waals surface area contributed by atoms with E-state index in [1.807, 2.05) is 4.90 Å². The van der Waals surface area contributed by atoms with Crippen molar-refractivity contribution in [2.75, 3.05) is 45.9 Å². The maximum absolute atomic E-state index is 13.4. The lowest BCUT2D eigenvalue weighted by Gasteiger charge is -2.35. The first-order valence-corrected chi connectivity index (χ1v) is 11.3. The Morgan fingerprint density at radius 1 is 1.09 bits per heavy atom. The summed E-state index contributed by atoms with van der Waals surface area (Å²) in [6, 6.07) is 3.62. The fourth-order valence-electron chi connectivity index (χ4n) is 4.14. The molecule has 1 fully saturated rings. The van der Waals surface area contributed by atoms with Gasteiger partial charge in [-0.15, -0.1) is 0 Å². The first-order valence-electron chi connectivity index (χ1n) is 11.3. The van der Waals surface area contributed by atoms with Crippen LogP contribution in [-0.2, 0) is 21.9 Å². The number of benzene rings is 1. The van der Waals surface area contributed by atoms with Crippen LogP contribution in [0.2, 0.25) is 0 Å². The van der Waals surface area contributed by atoms with E-state index >= 15 is 0 Å². The molecule has 0 amide bonds. The predicted octanol–water partition coefficient (Wildman–Crippen LogP) is 4.27. The van der Waals surface area contributed by atoms with Gasteiger partial charge in [-0.2, -0.15) is 26.3 Å². The molecule has 1 aromatic carbocycles. The van der Waals surface area contributed by atoms with Crippen LogP contribution in [0.1, 0.15) is 42.7 Å². The largest absolute Gasteiger partial charge is 0.466 e. The van der Waals surface area contributed by atoms with E-state index in [9.17, 15) is 36.2 Å². The summed E-state index contributed by atoms with van der Waals surface area (Å²) >= 11 is 0. The number of ether oxygens (including phenoxy) is 1. The summed E-state index contributed by atoms with van der Waals surface area (Å²) in [6.07, 6.45) is -10.4. The van der Waals surface area contributed by atoms with Gasteiger partial charge >= 0.3 is 18.3 Å². The summed E-state index contributed by atoms with van der Waals surface area (Å²) < 4.78 is 85.4. The highest BCUT2D eigenvalue weighted by molar-refractivity contribution is 5.86. The highest BCUT2D eigenvalue weighted by atomic mass is 19.4. The predicted molar refractivity (Wildman–Crippen MR) is 115 cm³/mol. The molecule has 0 aliphatic carbocycles. The van der Waals surface area contributed by atoms with Crippen molar-refractivity contribution < 1.29 is 41.0 Å². The van der Waals surface area contributed by atoms with Gasteiger partial charge in [0.15, 0.2) is 0 Å². The van der Waals surface area contributed by atoms with Crippen molar-refractivity contribution in [1.82, 2.24) is 14.8 Å². The standard InChI is InChI=1S/C23H27F6N3O3/c1-2-35-20(34)7-4-8-31-9-11-32(12-10-31)14-18(33)16-13-19(23(27,28)29)30-21-15(16)5-3-6-17(21)22(24,25)26/h3,5-6,13,18,33H,2,4,7-12,14H2,1H3. The number of hydrogen-bond acceptors (Lipinski definition) is 6. The van der Waals surface area contributed by atoms with Crippen LogP contribution < -0.4 is 0 Å². The van der Waals surface area contributed by atoms with E-state index in [4.69, 9.17) is 4.74 Å². The van der Waals surface area contributed by atoms with E-state index in [1.165, 1.54) is 6.07 Å². The first-order chi connectivity index (χ1) is 16.4. The summed E-state index contributed by atoms with van der Waals surface area (Å²) in [7, 11) is 0. The zero-order valence-corrected chi connectivity index (χ0v) is 19.1. The molecule has 1 aliphatic heterocycles. The number of carbonyl (C=O) groups excluding carboxylic acids is 1. The SMILES string of the molecule is CCOC(=O)CCCN1CCN(CC(O)c2cc(C(F)(F)F)nc3c(C(F)(F)F)cccc23)CC1. The number of hydrogen-bond donors (Lipinski definition) is 1. The van der Waals surface area contributed by atoms with Gasteiger partial charge in [0.2, 0.25) is 0 Å². The molecule has 6 nitrogen and oxygen atoms in total. The number of carbonyl (C=O) groups is 1. The number of aliphatic hydroxyl groups excluding tert-OH is 1. The van der Waals surface area contributed by atoms with Crippen molar-refractivity contribution in [3.8, 4) is 0 Å². The van der Waals surface area contributed by atoms with Gasteiger partial charge in [-0.1, -0.05) is 12.1 Å². The van der Waals surface area contributed by atoms with E-state index in [-0.39, 0.29) is 23.5 Å². The molecule has 1 aliphatic rings. The lowest BCUT2D eigenvalue weighted by atomic mass is 9.99. The van der Waals surface area contributed by atoms with Crippen LogP contribution in [0.5, 0.6) is 0 Å². The number of esters is 1. The maximum atomic E-state index is 13.4. The normalized spacial score (nSPS) is 17.0. The van der Waals surface area contributed by atoms with Crippen molar-refractivity contribution in [3.05, 3.63) is 41.1 Å². The smallest absolute Gasteiger partial charge is 0.433 e. The Morgan fingerprint density at radius 2 is 1.74 bits per heavy atom. The molecule has 1 saturated heterocycles.